The molecule has 0 fully saturated rings. The van der Waals surface area contributed by atoms with Gasteiger partial charge in [-0.2, -0.15) is 0 Å². The first-order valence-corrected chi connectivity index (χ1v) is 12.1. The molecule has 0 aliphatic rings. The minimum Gasteiger partial charge on any atom is -0.484 e. The average molecular weight is 520 g/mol. The second-order valence-electron chi connectivity index (χ2n) is 7.83. The number of esters is 2. The number of aryl methyl sites for hydroxylation is 1. The number of thiophene rings is 1. The van der Waals surface area contributed by atoms with E-state index in [0.717, 1.165) is 16.9 Å². The minimum absolute atomic E-state index is 0.00592. The summed E-state index contributed by atoms with van der Waals surface area (Å²) >= 11 is 7.12. The number of furan rings is 1. The summed E-state index contributed by atoms with van der Waals surface area (Å²) in [5.41, 5.74) is 1.34. The first kappa shape index (κ1) is 26.3. The first-order chi connectivity index (χ1) is 16.6. The van der Waals surface area contributed by atoms with Gasteiger partial charge in [-0.1, -0.05) is 23.7 Å². The van der Waals surface area contributed by atoms with E-state index < -0.39 is 17.8 Å². The molecule has 0 bridgehead atoms. The SMILES string of the molecule is CCOC(=O)c1sc(NC(=O)c2ccc(COc3c(C)cccc3Cl)o2)c(C(=O)OC(C)C)c1C. The standard InChI is InChI=1S/C25H26ClNO7S/c1-6-31-25(30)21-15(5)19(24(29)33-13(2)3)23(35-21)27-22(28)18-11-10-16(34-18)12-32-20-14(4)8-7-9-17(20)26/h7-11,13H,6,12H2,1-5H3,(H,27,28). The highest BCUT2D eigenvalue weighted by Crippen LogP contribution is 2.35. The number of rotatable bonds is 9. The third-order valence-corrected chi connectivity index (χ3v) is 6.27. The van der Waals surface area contributed by atoms with Crippen LogP contribution in [-0.4, -0.2) is 30.6 Å². The average Bonchev–Trinajstić information content (AvgIpc) is 3.38. The van der Waals surface area contributed by atoms with Crippen molar-refractivity contribution in [3.8, 4) is 5.75 Å². The Bertz CT molecular complexity index is 1220. The van der Waals surface area contributed by atoms with Crippen molar-refractivity contribution in [2.45, 2.75) is 47.3 Å². The molecule has 1 N–H and O–H groups in total. The third kappa shape index (κ3) is 6.23. The zero-order chi connectivity index (χ0) is 25.7. The fraction of sp³-hybridized carbons (Fsp3) is 0.320. The maximum atomic E-state index is 12.9. The van der Waals surface area contributed by atoms with Gasteiger partial charge in [0, 0.05) is 0 Å². The topological polar surface area (TPSA) is 104 Å². The number of anilines is 1. The fourth-order valence-corrected chi connectivity index (χ4v) is 4.56. The van der Waals surface area contributed by atoms with Crippen molar-refractivity contribution in [1.29, 1.82) is 0 Å². The Morgan fingerprint density at radius 1 is 1.11 bits per heavy atom. The van der Waals surface area contributed by atoms with Gasteiger partial charge in [0.05, 0.1) is 23.3 Å². The molecule has 2 heterocycles. The number of hydrogen-bond donors (Lipinski definition) is 1. The largest absolute Gasteiger partial charge is 0.484 e. The molecule has 0 spiro atoms. The van der Waals surface area contributed by atoms with Crippen LogP contribution in [0.1, 0.15) is 68.2 Å². The summed E-state index contributed by atoms with van der Waals surface area (Å²) in [4.78, 5) is 38.2. The van der Waals surface area contributed by atoms with Crippen molar-refractivity contribution >= 4 is 45.8 Å². The molecule has 3 aromatic rings. The van der Waals surface area contributed by atoms with Crippen LogP contribution in [0.3, 0.4) is 0 Å². The number of amides is 1. The van der Waals surface area contributed by atoms with Gasteiger partial charge in [-0.25, -0.2) is 9.59 Å². The van der Waals surface area contributed by atoms with Crippen LogP contribution in [0.15, 0.2) is 34.7 Å². The van der Waals surface area contributed by atoms with Gasteiger partial charge in [0.25, 0.3) is 5.91 Å². The molecule has 0 aliphatic carbocycles. The number of carbonyl (C=O) groups excluding carboxylic acids is 3. The molecule has 1 amide bonds. The predicted octanol–water partition coefficient (Wildman–Crippen LogP) is 6.18. The number of carbonyl (C=O) groups is 3. The van der Waals surface area contributed by atoms with Crippen LogP contribution in [0.4, 0.5) is 5.00 Å². The molecule has 0 atom stereocenters. The molecule has 186 valence electrons. The van der Waals surface area contributed by atoms with E-state index in [4.69, 9.17) is 30.2 Å². The van der Waals surface area contributed by atoms with Crippen LogP contribution in [-0.2, 0) is 16.1 Å². The normalized spacial score (nSPS) is 10.8. The van der Waals surface area contributed by atoms with E-state index in [2.05, 4.69) is 5.32 Å². The van der Waals surface area contributed by atoms with E-state index in [1.807, 2.05) is 19.1 Å². The first-order valence-electron chi connectivity index (χ1n) is 10.9. The summed E-state index contributed by atoms with van der Waals surface area (Å²) in [6.07, 6.45) is -0.384. The summed E-state index contributed by atoms with van der Waals surface area (Å²) < 4.78 is 21.8. The molecule has 0 radical (unpaired) electrons. The zero-order valence-electron chi connectivity index (χ0n) is 20.0. The van der Waals surface area contributed by atoms with Gasteiger partial charge in [0.1, 0.15) is 28.0 Å². The molecule has 0 aliphatic heterocycles. The summed E-state index contributed by atoms with van der Waals surface area (Å²) in [6.45, 7) is 8.82. The Kier molecular flexibility index (Phi) is 8.58. The molecule has 10 heteroatoms. The van der Waals surface area contributed by atoms with Crippen molar-refractivity contribution < 1.29 is 33.0 Å². The maximum absolute atomic E-state index is 12.9. The van der Waals surface area contributed by atoms with Gasteiger partial charge in [-0.3, -0.25) is 4.79 Å². The molecule has 2 aromatic heterocycles. The number of nitrogens with one attached hydrogen (secondary N) is 1. The van der Waals surface area contributed by atoms with E-state index in [-0.39, 0.29) is 40.5 Å². The van der Waals surface area contributed by atoms with E-state index in [1.165, 1.54) is 6.07 Å². The summed E-state index contributed by atoms with van der Waals surface area (Å²) in [7, 11) is 0. The van der Waals surface area contributed by atoms with Crippen molar-refractivity contribution in [3.05, 3.63) is 68.4 Å². The monoisotopic (exact) mass is 519 g/mol. The van der Waals surface area contributed by atoms with Crippen molar-refractivity contribution in [2.24, 2.45) is 0 Å². The molecule has 0 unspecified atom stereocenters. The summed E-state index contributed by atoms with van der Waals surface area (Å²) in [6, 6.07) is 8.52. The molecular formula is C25H26ClNO7S. The van der Waals surface area contributed by atoms with E-state index in [0.29, 0.717) is 22.1 Å². The molecular weight excluding hydrogens is 494 g/mol. The number of para-hydroxylation sites is 1. The highest BCUT2D eigenvalue weighted by atomic mass is 35.5. The third-order valence-electron chi connectivity index (χ3n) is 4.79. The van der Waals surface area contributed by atoms with Crippen LogP contribution in [0.2, 0.25) is 5.02 Å². The lowest BCUT2D eigenvalue weighted by atomic mass is 10.1. The number of ether oxygens (including phenoxy) is 3. The van der Waals surface area contributed by atoms with Gasteiger partial charge >= 0.3 is 11.9 Å². The van der Waals surface area contributed by atoms with Gasteiger partial charge in [0.15, 0.2) is 5.76 Å². The van der Waals surface area contributed by atoms with Gasteiger partial charge in [-0.15, -0.1) is 11.3 Å². The van der Waals surface area contributed by atoms with Crippen LogP contribution in [0.25, 0.3) is 0 Å². The quantitative estimate of drug-likeness (QED) is 0.336. The van der Waals surface area contributed by atoms with Crippen molar-refractivity contribution in [1.82, 2.24) is 0 Å². The number of halogens is 1. The Morgan fingerprint density at radius 3 is 2.51 bits per heavy atom. The van der Waals surface area contributed by atoms with E-state index >= 15 is 0 Å². The van der Waals surface area contributed by atoms with Crippen LogP contribution in [0, 0.1) is 13.8 Å². The Balaban J connectivity index is 1.80. The number of benzene rings is 1. The van der Waals surface area contributed by atoms with Crippen molar-refractivity contribution in [2.75, 3.05) is 11.9 Å². The highest BCUT2D eigenvalue weighted by Gasteiger charge is 2.28. The van der Waals surface area contributed by atoms with Crippen LogP contribution >= 0.6 is 22.9 Å². The lowest BCUT2D eigenvalue weighted by Gasteiger charge is -2.10. The van der Waals surface area contributed by atoms with E-state index in [9.17, 15) is 14.4 Å². The highest BCUT2D eigenvalue weighted by molar-refractivity contribution is 7.18. The molecule has 1 aromatic carbocycles. The van der Waals surface area contributed by atoms with Gasteiger partial charge in [0.2, 0.25) is 0 Å². The van der Waals surface area contributed by atoms with E-state index in [1.54, 1.807) is 39.8 Å². The molecule has 3 rings (SSSR count). The van der Waals surface area contributed by atoms with Crippen molar-refractivity contribution in [3.63, 3.8) is 0 Å². The maximum Gasteiger partial charge on any atom is 0.348 e. The van der Waals surface area contributed by atoms with Gasteiger partial charge < -0.3 is 23.9 Å². The summed E-state index contributed by atoms with van der Waals surface area (Å²) in [5.74, 6) is -0.884. The second kappa shape index (κ2) is 11.4. The Hall–Kier alpha value is -3.30. The lowest BCUT2D eigenvalue weighted by molar-refractivity contribution is 0.0379. The lowest BCUT2D eigenvalue weighted by Crippen LogP contribution is -2.16. The predicted molar refractivity (Wildman–Crippen MR) is 133 cm³/mol. The fourth-order valence-electron chi connectivity index (χ4n) is 3.20. The molecule has 35 heavy (non-hydrogen) atoms. The summed E-state index contributed by atoms with van der Waals surface area (Å²) in [5, 5.41) is 3.30. The smallest absolute Gasteiger partial charge is 0.348 e. The molecule has 0 saturated heterocycles. The minimum atomic E-state index is -0.650. The Labute approximate surface area is 212 Å². The zero-order valence-corrected chi connectivity index (χ0v) is 21.6. The van der Waals surface area contributed by atoms with Gasteiger partial charge in [-0.05, 0) is 63.9 Å². The Morgan fingerprint density at radius 2 is 1.86 bits per heavy atom. The number of hydrogen-bond acceptors (Lipinski definition) is 8. The van der Waals surface area contributed by atoms with Crippen LogP contribution < -0.4 is 10.1 Å². The molecule has 0 saturated carbocycles. The molecule has 8 nitrogen and oxygen atoms in total. The van der Waals surface area contributed by atoms with Crippen LogP contribution in [0.5, 0.6) is 5.75 Å². The second-order valence-corrected chi connectivity index (χ2v) is 9.26.